The Kier molecular flexibility index (Phi) is 7.64. The van der Waals surface area contributed by atoms with Crippen LogP contribution in [-0.4, -0.2) is 67.0 Å². The Morgan fingerprint density at radius 2 is 1.88 bits per heavy atom. The second-order valence-electron chi connectivity index (χ2n) is 8.77. The molecule has 1 atom stereocenters. The van der Waals surface area contributed by atoms with Gasteiger partial charge in [-0.2, -0.15) is 5.26 Å². The molecule has 176 valence electrons. The number of likely N-dealkylation sites (tertiary alicyclic amines) is 1. The van der Waals surface area contributed by atoms with Crippen molar-refractivity contribution in [2.75, 3.05) is 44.3 Å². The van der Waals surface area contributed by atoms with Crippen molar-refractivity contribution in [2.24, 2.45) is 0 Å². The first-order valence-electron chi connectivity index (χ1n) is 10.5. The molecule has 0 bridgehead atoms. The monoisotopic (exact) mass is 470 g/mol. The number of amides is 3. The Bertz CT molecular complexity index is 1050. The van der Waals surface area contributed by atoms with Gasteiger partial charge in [0, 0.05) is 17.7 Å². The molecule has 0 spiro atoms. The quantitative estimate of drug-likeness (QED) is 0.576. The molecule has 2 aromatic rings. The van der Waals surface area contributed by atoms with Gasteiger partial charge in [-0.15, -0.1) is 0 Å². The van der Waals surface area contributed by atoms with Crippen molar-refractivity contribution in [3.8, 4) is 6.07 Å². The fraction of sp³-hybridized carbons (Fsp3) is 0.375. The molecule has 1 unspecified atom stereocenters. The minimum absolute atomic E-state index is 0.231. The first-order valence-corrected chi connectivity index (χ1v) is 13.3. The van der Waals surface area contributed by atoms with Crippen molar-refractivity contribution in [3.05, 3.63) is 59.2 Å². The number of benzene rings is 2. The fourth-order valence-corrected chi connectivity index (χ4v) is 4.79. The smallest absolute Gasteiger partial charge is 0.318 e. The number of carbonyl (C=O) groups is 2. The number of nitriles is 1. The van der Waals surface area contributed by atoms with E-state index in [1.807, 2.05) is 18.2 Å². The molecule has 9 heteroatoms. The van der Waals surface area contributed by atoms with E-state index < -0.39 is 34.1 Å². The number of rotatable bonds is 7. The summed E-state index contributed by atoms with van der Waals surface area (Å²) in [7, 11) is 0.491. The zero-order valence-electron chi connectivity index (χ0n) is 19.3. The second kappa shape index (κ2) is 10.3. The van der Waals surface area contributed by atoms with Crippen LogP contribution in [0, 0.1) is 11.3 Å². The number of aliphatic hydroxyl groups excluding tert-OH is 1. The number of nitrogens with one attached hydrogen (secondary N) is 2. The Labute approximate surface area is 195 Å². The SMILES string of the molecule is COCc1ccc(C(NC(=O)N2CC(O)C2)C(=O)Nc2ccc(S(C)(C)C)c(C#N)c2)cc1. The molecule has 0 aliphatic carbocycles. The van der Waals surface area contributed by atoms with Crippen molar-refractivity contribution < 1.29 is 19.4 Å². The molecule has 8 nitrogen and oxygen atoms in total. The number of ether oxygens (including phenoxy) is 1. The van der Waals surface area contributed by atoms with E-state index in [9.17, 15) is 20.0 Å². The molecule has 1 aliphatic rings. The second-order valence-corrected chi connectivity index (χ2v) is 12.9. The molecule has 0 aromatic heterocycles. The van der Waals surface area contributed by atoms with E-state index in [0.29, 0.717) is 23.4 Å². The van der Waals surface area contributed by atoms with Gasteiger partial charge in [-0.05, 0) is 48.1 Å². The summed E-state index contributed by atoms with van der Waals surface area (Å²) in [5.74, 6) is -0.427. The van der Waals surface area contributed by atoms with Crippen molar-refractivity contribution in [1.29, 1.82) is 5.26 Å². The van der Waals surface area contributed by atoms with Crippen LogP contribution in [0.15, 0.2) is 47.4 Å². The van der Waals surface area contributed by atoms with Gasteiger partial charge in [0.1, 0.15) is 12.1 Å². The normalized spacial score (nSPS) is 15.2. The van der Waals surface area contributed by atoms with E-state index in [4.69, 9.17) is 4.74 Å². The zero-order valence-corrected chi connectivity index (χ0v) is 20.1. The molecule has 1 aliphatic heterocycles. The fourth-order valence-electron chi connectivity index (χ4n) is 3.55. The van der Waals surface area contributed by atoms with Crippen LogP contribution in [0.2, 0.25) is 0 Å². The molecule has 0 saturated carbocycles. The molecule has 2 aromatic carbocycles. The average molecular weight is 471 g/mol. The number of nitrogens with zero attached hydrogens (tertiary/aromatic N) is 2. The van der Waals surface area contributed by atoms with E-state index >= 15 is 0 Å². The summed E-state index contributed by atoms with van der Waals surface area (Å²) < 4.78 is 5.13. The topological polar surface area (TPSA) is 115 Å². The molecule has 3 rings (SSSR count). The summed E-state index contributed by atoms with van der Waals surface area (Å²) in [5.41, 5.74) is 2.56. The molecule has 3 N–H and O–H groups in total. The standard InChI is InChI=1S/C24H30N4O4S/c1-32-15-16-5-7-17(8-6-16)22(27-24(31)28-13-20(29)14-28)23(30)26-19-9-10-21(33(2,3)4)18(11-19)12-25/h5-11,20,22,29H,13-15H2,1-4H3,(H,26,30)(H,27,31). The van der Waals surface area contributed by atoms with Crippen molar-refractivity contribution in [2.45, 2.75) is 23.6 Å². The number of urea groups is 1. The van der Waals surface area contributed by atoms with Crippen LogP contribution in [0.5, 0.6) is 0 Å². The van der Waals surface area contributed by atoms with Gasteiger partial charge in [0.15, 0.2) is 0 Å². The summed E-state index contributed by atoms with van der Waals surface area (Å²) in [4.78, 5) is 28.3. The van der Waals surface area contributed by atoms with Crippen LogP contribution in [-0.2, 0) is 16.1 Å². The maximum absolute atomic E-state index is 13.2. The molecule has 1 fully saturated rings. The van der Waals surface area contributed by atoms with Gasteiger partial charge in [0.25, 0.3) is 5.91 Å². The van der Waals surface area contributed by atoms with Gasteiger partial charge >= 0.3 is 6.03 Å². The third-order valence-electron chi connectivity index (χ3n) is 5.33. The Hall–Kier alpha value is -3.06. The number of carbonyl (C=O) groups excluding carboxylic acids is 2. The van der Waals surface area contributed by atoms with E-state index in [1.54, 1.807) is 31.4 Å². The van der Waals surface area contributed by atoms with Gasteiger partial charge in [-0.1, -0.05) is 24.3 Å². The van der Waals surface area contributed by atoms with Gasteiger partial charge in [-0.3, -0.25) is 4.79 Å². The van der Waals surface area contributed by atoms with Crippen molar-refractivity contribution in [1.82, 2.24) is 10.2 Å². The minimum Gasteiger partial charge on any atom is -0.389 e. The molecular weight excluding hydrogens is 440 g/mol. The van der Waals surface area contributed by atoms with Gasteiger partial charge in [-0.25, -0.2) is 14.8 Å². The molecule has 33 heavy (non-hydrogen) atoms. The number of methoxy groups -OCH3 is 1. The molecule has 1 heterocycles. The predicted octanol–water partition coefficient (Wildman–Crippen LogP) is 2.82. The van der Waals surface area contributed by atoms with Gasteiger partial charge in [0.2, 0.25) is 0 Å². The number of aliphatic hydroxyl groups is 1. The van der Waals surface area contributed by atoms with Crippen LogP contribution < -0.4 is 10.6 Å². The predicted molar refractivity (Wildman–Crippen MR) is 129 cm³/mol. The number of anilines is 1. The Morgan fingerprint density at radius 1 is 1.21 bits per heavy atom. The zero-order chi connectivity index (χ0) is 24.2. The summed E-state index contributed by atoms with van der Waals surface area (Å²) >= 11 is 0. The van der Waals surface area contributed by atoms with E-state index in [0.717, 1.165) is 10.5 Å². The van der Waals surface area contributed by atoms with Crippen LogP contribution >= 0.6 is 10.0 Å². The Morgan fingerprint density at radius 3 is 2.42 bits per heavy atom. The molecular formula is C24H30N4O4S. The van der Waals surface area contributed by atoms with Gasteiger partial charge in [0.05, 0.1) is 31.4 Å². The molecule has 0 radical (unpaired) electrons. The third kappa shape index (κ3) is 6.05. The Balaban J connectivity index is 1.84. The minimum atomic E-state index is -1.11. The van der Waals surface area contributed by atoms with Crippen LogP contribution in [0.3, 0.4) is 0 Å². The largest absolute Gasteiger partial charge is 0.389 e. The third-order valence-corrected chi connectivity index (χ3v) is 7.01. The summed E-state index contributed by atoms with van der Waals surface area (Å²) in [5, 5.41) is 24.7. The van der Waals surface area contributed by atoms with E-state index in [1.165, 1.54) is 4.90 Å². The lowest BCUT2D eigenvalue weighted by Gasteiger charge is -2.36. The van der Waals surface area contributed by atoms with Crippen molar-refractivity contribution >= 4 is 27.7 Å². The first-order chi connectivity index (χ1) is 15.6. The van der Waals surface area contributed by atoms with Crippen molar-refractivity contribution in [3.63, 3.8) is 0 Å². The molecule has 3 amide bonds. The number of hydrogen-bond acceptors (Lipinski definition) is 5. The highest BCUT2D eigenvalue weighted by atomic mass is 32.3. The lowest BCUT2D eigenvalue weighted by Crippen LogP contribution is -2.57. The number of β-amino-alcohol motifs (C(OH)–C–C–N with tert-alkyl or cyclic N) is 1. The lowest BCUT2D eigenvalue weighted by atomic mass is 10.0. The summed E-state index contributed by atoms with van der Waals surface area (Å²) in [6, 6.07) is 13.4. The maximum Gasteiger partial charge on any atom is 0.318 e. The lowest BCUT2D eigenvalue weighted by molar-refractivity contribution is -0.118. The summed E-state index contributed by atoms with van der Waals surface area (Å²) in [6.07, 6.45) is 5.77. The van der Waals surface area contributed by atoms with Crippen LogP contribution in [0.4, 0.5) is 10.5 Å². The first kappa shape index (κ1) is 24.6. The number of hydrogen-bond donors (Lipinski definition) is 3. The highest BCUT2D eigenvalue weighted by molar-refractivity contribution is 8.32. The molecule has 1 saturated heterocycles. The summed E-state index contributed by atoms with van der Waals surface area (Å²) in [6.45, 7) is 0.901. The van der Waals surface area contributed by atoms with E-state index in [2.05, 4.69) is 35.5 Å². The van der Waals surface area contributed by atoms with Gasteiger partial charge < -0.3 is 25.4 Å². The van der Waals surface area contributed by atoms with Crippen LogP contribution in [0.25, 0.3) is 0 Å². The average Bonchev–Trinajstić information content (AvgIpc) is 2.75. The highest BCUT2D eigenvalue weighted by Crippen LogP contribution is 2.47. The highest BCUT2D eigenvalue weighted by Gasteiger charge is 2.32. The van der Waals surface area contributed by atoms with Crippen LogP contribution in [0.1, 0.15) is 22.7 Å². The maximum atomic E-state index is 13.2. The van der Waals surface area contributed by atoms with E-state index in [-0.39, 0.29) is 13.1 Å².